The van der Waals surface area contributed by atoms with Crippen LogP contribution in [0.15, 0.2) is 73.2 Å². The van der Waals surface area contributed by atoms with Gasteiger partial charge in [-0.1, -0.05) is 30.3 Å². The number of carbonyl (C=O) groups excluding carboxylic acids is 2. The molecule has 1 atom stereocenters. The van der Waals surface area contributed by atoms with Crippen LogP contribution in [0.1, 0.15) is 16.1 Å². The van der Waals surface area contributed by atoms with Gasteiger partial charge in [-0.3, -0.25) is 19.6 Å². The lowest BCUT2D eigenvalue weighted by atomic mass is 9.90. The Morgan fingerprint density at radius 2 is 1.87 bits per heavy atom. The molecule has 1 aliphatic heterocycles. The summed E-state index contributed by atoms with van der Waals surface area (Å²) in [5, 5.41) is 0. The lowest BCUT2D eigenvalue weighted by Crippen LogP contribution is -2.61. The number of amides is 2. The van der Waals surface area contributed by atoms with Crippen molar-refractivity contribution in [3.05, 3.63) is 84.4 Å². The fourth-order valence-corrected chi connectivity index (χ4v) is 3.69. The Kier molecular flexibility index (Phi) is 5.54. The maximum Gasteiger partial charge on any atom is 0.272 e. The maximum absolute atomic E-state index is 12.9. The minimum absolute atomic E-state index is 0.0806. The Hall–Kier alpha value is -3.58. The summed E-state index contributed by atoms with van der Waals surface area (Å²) >= 11 is 0. The summed E-state index contributed by atoms with van der Waals surface area (Å²) in [5.74, 6) is -0.828. The molecular formula is C23H22N4O3. The Balaban J connectivity index is 1.59. The number of rotatable bonds is 5. The maximum atomic E-state index is 12.9. The summed E-state index contributed by atoms with van der Waals surface area (Å²) in [4.78, 5) is 35.1. The number of primary amides is 1. The summed E-state index contributed by atoms with van der Waals surface area (Å²) in [6.45, 7) is 0.685. The quantitative estimate of drug-likeness (QED) is 0.705. The number of pyridine rings is 2. The first kappa shape index (κ1) is 19.7. The topological polar surface area (TPSA) is 98.4 Å². The van der Waals surface area contributed by atoms with E-state index in [1.165, 1.54) is 0 Å². The molecule has 3 aromatic rings. The van der Waals surface area contributed by atoms with Gasteiger partial charge < -0.3 is 15.4 Å². The van der Waals surface area contributed by atoms with Gasteiger partial charge in [-0.05, 0) is 41.0 Å². The number of nitrogens with zero attached hydrogens (tertiary/aromatic N) is 3. The number of morpholine rings is 1. The van der Waals surface area contributed by atoms with Gasteiger partial charge in [0.05, 0.1) is 13.2 Å². The molecule has 7 heteroatoms. The molecule has 0 unspecified atom stereocenters. The van der Waals surface area contributed by atoms with E-state index in [1.807, 2.05) is 36.4 Å². The van der Waals surface area contributed by atoms with Crippen LogP contribution in [0, 0.1) is 0 Å². The molecule has 1 aromatic carbocycles. The molecule has 0 radical (unpaired) electrons. The molecule has 1 aliphatic rings. The molecular weight excluding hydrogens is 380 g/mol. The summed E-state index contributed by atoms with van der Waals surface area (Å²) in [5.41, 5.74) is 7.74. The molecule has 152 valence electrons. The number of benzene rings is 1. The van der Waals surface area contributed by atoms with Gasteiger partial charge in [0.1, 0.15) is 5.69 Å². The zero-order valence-electron chi connectivity index (χ0n) is 16.4. The van der Waals surface area contributed by atoms with Crippen molar-refractivity contribution < 1.29 is 14.3 Å². The zero-order chi connectivity index (χ0) is 21.0. The molecule has 30 heavy (non-hydrogen) atoms. The summed E-state index contributed by atoms with van der Waals surface area (Å²) < 4.78 is 5.89. The predicted octanol–water partition coefficient (Wildman–Crippen LogP) is 2.08. The molecule has 2 amide bonds. The van der Waals surface area contributed by atoms with Gasteiger partial charge in [0.25, 0.3) is 11.8 Å². The number of carbonyl (C=O) groups is 2. The van der Waals surface area contributed by atoms with Crippen LogP contribution in [0.3, 0.4) is 0 Å². The lowest BCUT2D eigenvalue weighted by molar-refractivity contribution is -0.153. The van der Waals surface area contributed by atoms with Gasteiger partial charge >= 0.3 is 0 Å². The van der Waals surface area contributed by atoms with Crippen molar-refractivity contribution >= 4 is 11.8 Å². The summed E-state index contributed by atoms with van der Waals surface area (Å²) in [6, 6.07) is 16.9. The normalized spacial score (nSPS) is 18.7. The molecule has 2 N–H and O–H groups in total. The van der Waals surface area contributed by atoms with E-state index in [0.717, 1.165) is 16.7 Å². The second-order valence-electron chi connectivity index (χ2n) is 7.26. The number of ether oxygens (including phenoxy) is 1. The van der Waals surface area contributed by atoms with Crippen LogP contribution in [0.5, 0.6) is 0 Å². The fraction of sp³-hybridized carbons (Fsp3) is 0.217. The van der Waals surface area contributed by atoms with Gasteiger partial charge in [-0.2, -0.15) is 0 Å². The van der Waals surface area contributed by atoms with Crippen LogP contribution < -0.4 is 5.73 Å². The average Bonchev–Trinajstić information content (AvgIpc) is 2.80. The predicted molar refractivity (Wildman–Crippen MR) is 111 cm³/mol. The number of hydrogen-bond donors (Lipinski definition) is 1. The highest BCUT2D eigenvalue weighted by Gasteiger charge is 2.44. The Labute approximate surface area is 174 Å². The van der Waals surface area contributed by atoms with E-state index in [9.17, 15) is 9.59 Å². The second kappa shape index (κ2) is 8.42. The van der Waals surface area contributed by atoms with E-state index in [-0.39, 0.29) is 25.5 Å². The molecule has 1 fully saturated rings. The van der Waals surface area contributed by atoms with Gasteiger partial charge in [-0.15, -0.1) is 0 Å². The zero-order valence-corrected chi connectivity index (χ0v) is 16.4. The smallest absolute Gasteiger partial charge is 0.272 e. The molecule has 2 aromatic heterocycles. The molecule has 0 saturated carbocycles. The summed E-state index contributed by atoms with van der Waals surface area (Å²) in [7, 11) is 0. The molecule has 0 aliphatic carbocycles. The van der Waals surface area contributed by atoms with Crippen LogP contribution in [-0.4, -0.2) is 52.0 Å². The molecule has 0 bridgehead atoms. The van der Waals surface area contributed by atoms with Gasteiger partial charge in [0.2, 0.25) is 0 Å². The van der Waals surface area contributed by atoms with E-state index < -0.39 is 11.5 Å². The third-order valence-electron chi connectivity index (χ3n) is 5.24. The van der Waals surface area contributed by atoms with Crippen molar-refractivity contribution in [1.29, 1.82) is 0 Å². The van der Waals surface area contributed by atoms with E-state index in [4.69, 9.17) is 10.5 Å². The number of hydrogen-bond acceptors (Lipinski definition) is 5. The molecule has 1 saturated heterocycles. The van der Waals surface area contributed by atoms with Crippen molar-refractivity contribution in [3.63, 3.8) is 0 Å². The minimum Gasteiger partial charge on any atom is -0.367 e. The highest BCUT2D eigenvalue weighted by molar-refractivity contribution is 5.93. The molecule has 7 nitrogen and oxygen atoms in total. The first-order chi connectivity index (χ1) is 14.6. The highest BCUT2D eigenvalue weighted by Crippen LogP contribution is 2.27. The first-order valence-electron chi connectivity index (χ1n) is 9.71. The Morgan fingerprint density at radius 1 is 1.03 bits per heavy atom. The highest BCUT2D eigenvalue weighted by atomic mass is 16.5. The van der Waals surface area contributed by atoms with Crippen LogP contribution >= 0.6 is 0 Å². The largest absolute Gasteiger partial charge is 0.367 e. The van der Waals surface area contributed by atoms with E-state index in [1.54, 1.807) is 41.7 Å². The third-order valence-corrected chi connectivity index (χ3v) is 5.24. The SMILES string of the molecule is NC(=O)[C@]1(Cc2cccc(-c3ccncc3)c2)CN(C(=O)c2ccccn2)CCO1. The molecule has 4 rings (SSSR count). The molecule has 3 heterocycles. The summed E-state index contributed by atoms with van der Waals surface area (Å²) in [6.07, 6.45) is 5.31. The number of nitrogens with two attached hydrogens (primary N) is 1. The first-order valence-corrected chi connectivity index (χ1v) is 9.71. The van der Waals surface area contributed by atoms with Crippen LogP contribution in [0.4, 0.5) is 0 Å². The van der Waals surface area contributed by atoms with Crippen molar-refractivity contribution in [2.75, 3.05) is 19.7 Å². The average molecular weight is 402 g/mol. The van der Waals surface area contributed by atoms with Crippen LogP contribution in [-0.2, 0) is 16.0 Å². The third kappa shape index (κ3) is 4.06. The van der Waals surface area contributed by atoms with Crippen LogP contribution in [0.25, 0.3) is 11.1 Å². The minimum atomic E-state index is -1.29. The Bertz CT molecular complexity index is 1040. The van der Waals surface area contributed by atoms with Crippen LogP contribution in [0.2, 0.25) is 0 Å². The van der Waals surface area contributed by atoms with Crippen molar-refractivity contribution in [2.45, 2.75) is 12.0 Å². The van der Waals surface area contributed by atoms with E-state index in [0.29, 0.717) is 12.2 Å². The molecule has 0 spiro atoms. The fourth-order valence-electron chi connectivity index (χ4n) is 3.69. The van der Waals surface area contributed by atoms with Gasteiger partial charge in [0.15, 0.2) is 5.60 Å². The van der Waals surface area contributed by atoms with Gasteiger partial charge in [-0.25, -0.2) is 0 Å². The van der Waals surface area contributed by atoms with E-state index >= 15 is 0 Å². The van der Waals surface area contributed by atoms with Gasteiger partial charge in [0, 0.05) is 31.6 Å². The van der Waals surface area contributed by atoms with Crippen molar-refractivity contribution in [3.8, 4) is 11.1 Å². The van der Waals surface area contributed by atoms with E-state index in [2.05, 4.69) is 9.97 Å². The Morgan fingerprint density at radius 3 is 2.60 bits per heavy atom. The standard InChI is InChI=1S/C23H22N4O3/c24-22(29)23(15-17-4-3-5-19(14-17)18-7-10-25-11-8-18)16-27(12-13-30-23)21(28)20-6-1-2-9-26-20/h1-11,14H,12-13,15-16H2,(H2,24,29)/t23-/m0/s1. The lowest BCUT2D eigenvalue weighted by Gasteiger charge is -2.40. The number of aromatic nitrogens is 2. The second-order valence-corrected chi connectivity index (χ2v) is 7.26. The monoisotopic (exact) mass is 402 g/mol. The van der Waals surface area contributed by atoms with Crippen molar-refractivity contribution in [1.82, 2.24) is 14.9 Å². The van der Waals surface area contributed by atoms with Crippen molar-refractivity contribution in [2.24, 2.45) is 5.73 Å².